The zero-order valence-electron chi connectivity index (χ0n) is 10.7. The van der Waals surface area contributed by atoms with E-state index in [1.54, 1.807) is 11.3 Å². The molecule has 0 spiro atoms. The van der Waals surface area contributed by atoms with Crippen molar-refractivity contribution in [3.8, 4) is 0 Å². The molecule has 0 aliphatic heterocycles. The van der Waals surface area contributed by atoms with Gasteiger partial charge in [0.05, 0.1) is 5.69 Å². The van der Waals surface area contributed by atoms with Gasteiger partial charge in [0.2, 0.25) is 0 Å². The topological polar surface area (TPSA) is 45.2 Å². The predicted octanol–water partition coefficient (Wildman–Crippen LogP) is 2.97. The van der Waals surface area contributed by atoms with Crippen molar-refractivity contribution in [2.24, 2.45) is 11.8 Å². The Morgan fingerprint density at radius 2 is 2.00 bits per heavy atom. The Bertz CT molecular complexity index is 345. The highest BCUT2D eigenvalue weighted by molar-refractivity contribution is 7.15. The molecule has 4 heteroatoms. The van der Waals surface area contributed by atoms with Crippen LogP contribution in [0.1, 0.15) is 36.3 Å². The normalized spacial score (nSPS) is 24.9. The summed E-state index contributed by atoms with van der Waals surface area (Å²) >= 11 is 1.73. The molecule has 0 radical (unpaired) electrons. The predicted molar refractivity (Wildman–Crippen MR) is 72.6 cm³/mol. The number of rotatable bonds is 4. The molecular formula is C13H22N2OS. The highest BCUT2D eigenvalue weighted by atomic mass is 32.1. The largest absolute Gasteiger partial charge is 0.396 e. The lowest BCUT2D eigenvalue weighted by molar-refractivity contribution is 0.141. The first kappa shape index (κ1) is 12.8. The minimum absolute atomic E-state index is 0.336. The smallest absolute Gasteiger partial charge is 0.183 e. The van der Waals surface area contributed by atoms with E-state index in [4.69, 9.17) is 0 Å². The summed E-state index contributed by atoms with van der Waals surface area (Å²) in [5, 5.41) is 13.8. The van der Waals surface area contributed by atoms with Crippen molar-refractivity contribution in [2.45, 2.75) is 39.5 Å². The Morgan fingerprint density at radius 3 is 2.59 bits per heavy atom. The van der Waals surface area contributed by atoms with Gasteiger partial charge in [-0.15, -0.1) is 11.3 Å². The molecule has 2 rings (SSSR count). The lowest BCUT2D eigenvalue weighted by Gasteiger charge is -2.30. The van der Waals surface area contributed by atoms with Crippen molar-refractivity contribution >= 4 is 16.5 Å². The minimum Gasteiger partial charge on any atom is -0.396 e. The van der Waals surface area contributed by atoms with Gasteiger partial charge in [-0.3, -0.25) is 0 Å². The molecule has 2 atom stereocenters. The first-order valence-corrected chi connectivity index (χ1v) is 7.31. The second-order valence-electron chi connectivity index (χ2n) is 5.03. The summed E-state index contributed by atoms with van der Waals surface area (Å²) in [7, 11) is 0. The number of nitrogens with one attached hydrogen (secondary N) is 1. The third-order valence-corrected chi connectivity index (χ3v) is 4.88. The van der Waals surface area contributed by atoms with Gasteiger partial charge < -0.3 is 10.4 Å². The minimum atomic E-state index is 0.336. The van der Waals surface area contributed by atoms with Gasteiger partial charge >= 0.3 is 0 Å². The number of hydrogen-bond donors (Lipinski definition) is 2. The number of aliphatic hydroxyl groups is 1. The lowest BCUT2D eigenvalue weighted by Crippen LogP contribution is -2.28. The molecule has 1 saturated carbocycles. The van der Waals surface area contributed by atoms with Gasteiger partial charge in [0, 0.05) is 18.0 Å². The molecular weight excluding hydrogens is 232 g/mol. The van der Waals surface area contributed by atoms with Crippen LogP contribution in [0.5, 0.6) is 0 Å². The number of aromatic nitrogens is 1. The van der Waals surface area contributed by atoms with Crippen LogP contribution in [-0.4, -0.2) is 23.2 Å². The van der Waals surface area contributed by atoms with E-state index in [2.05, 4.69) is 17.2 Å². The van der Waals surface area contributed by atoms with Crippen molar-refractivity contribution in [1.29, 1.82) is 0 Å². The Morgan fingerprint density at radius 1 is 1.29 bits per heavy atom. The zero-order valence-corrected chi connectivity index (χ0v) is 11.5. The molecule has 17 heavy (non-hydrogen) atoms. The molecule has 96 valence electrons. The molecule has 1 aliphatic rings. The summed E-state index contributed by atoms with van der Waals surface area (Å²) in [5.74, 6) is 1.09. The standard InChI is InChI=1S/C13H22N2OS/c1-9-10(2)17-13(15-9)14-7-11-5-3-4-6-12(11)8-16/h11-12,16H,3-8H2,1-2H3,(H,14,15). The van der Waals surface area contributed by atoms with E-state index in [9.17, 15) is 5.11 Å². The Balaban J connectivity index is 1.88. The van der Waals surface area contributed by atoms with Gasteiger partial charge in [-0.2, -0.15) is 0 Å². The van der Waals surface area contributed by atoms with Crippen molar-refractivity contribution in [3.05, 3.63) is 10.6 Å². The Labute approximate surface area is 107 Å². The molecule has 0 bridgehead atoms. The van der Waals surface area contributed by atoms with Crippen LogP contribution in [-0.2, 0) is 0 Å². The number of aryl methyl sites for hydroxylation is 2. The van der Waals surface area contributed by atoms with Crippen LogP contribution in [0, 0.1) is 25.7 Å². The van der Waals surface area contributed by atoms with Crippen LogP contribution in [0.4, 0.5) is 5.13 Å². The Hall–Kier alpha value is -0.610. The second kappa shape index (κ2) is 5.83. The molecule has 2 unspecified atom stereocenters. The molecule has 1 aromatic heterocycles. The summed E-state index contributed by atoms with van der Waals surface area (Å²) in [5.41, 5.74) is 1.12. The number of hydrogen-bond acceptors (Lipinski definition) is 4. The van der Waals surface area contributed by atoms with E-state index in [-0.39, 0.29) is 0 Å². The fourth-order valence-electron chi connectivity index (χ4n) is 2.56. The molecule has 0 amide bonds. The van der Waals surface area contributed by atoms with Crippen molar-refractivity contribution in [3.63, 3.8) is 0 Å². The van der Waals surface area contributed by atoms with Crippen LogP contribution in [0.2, 0.25) is 0 Å². The molecule has 3 nitrogen and oxygen atoms in total. The monoisotopic (exact) mass is 254 g/mol. The van der Waals surface area contributed by atoms with Crippen LogP contribution in [0.15, 0.2) is 0 Å². The summed E-state index contributed by atoms with van der Waals surface area (Å²) < 4.78 is 0. The average molecular weight is 254 g/mol. The van der Waals surface area contributed by atoms with Crippen LogP contribution >= 0.6 is 11.3 Å². The number of aliphatic hydroxyl groups excluding tert-OH is 1. The van der Waals surface area contributed by atoms with E-state index in [1.165, 1.54) is 30.6 Å². The van der Waals surface area contributed by atoms with E-state index in [0.29, 0.717) is 18.4 Å². The Kier molecular flexibility index (Phi) is 4.40. The summed E-state index contributed by atoms with van der Waals surface area (Å²) in [6, 6.07) is 0. The van der Waals surface area contributed by atoms with E-state index in [1.807, 2.05) is 6.92 Å². The molecule has 1 aromatic rings. The van der Waals surface area contributed by atoms with Crippen molar-refractivity contribution < 1.29 is 5.11 Å². The lowest BCUT2D eigenvalue weighted by atomic mass is 9.80. The molecule has 1 heterocycles. The van der Waals surface area contributed by atoms with Crippen LogP contribution < -0.4 is 5.32 Å². The maximum absolute atomic E-state index is 9.37. The SMILES string of the molecule is Cc1nc(NCC2CCCCC2CO)sc1C. The van der Waals surface area contributed by atoms with E-state index in [0.717, 1.165) is 17.4 Å². The first-order chi connectivity index (χ1) is 8.20. The maximum Gasteiger partial charge on any atom is 0.183 e. The van der Waals surface area contributed by atoms with Crippen molar-refractivity contribution in [2.75, 3.05) is 18.5 Å². The highest BCUT2D eigenvalue weighted by Crippen LogP contribution is 2.30. The van der Waals surface area contributed by atoms with Gasteiger partial charge in [0.1, 0.15) is 0 Å². The maximum atomic E-state index is 9.37. The first-order valence-electron chi connectivity index (χ1n) is 6.49. The molecule has 0 saturated heterocycles. The molecule has 1 aliphatic carbocycles. The molecule has 1 fully saturated rings. The average Bonchev–Trinajstić information content (AvgIpc) is 2.66. The van der Waals surface area contributed by atoms with E-state index < -0.39 is 0 Å². The van der Waals surface area contributed by atoms with Gasteiger partial charge in [-0.25, -0.2) is 4.98 Å². The molecule has 0 aromatic carbocycles. The summed E-state index contributed by atoms with van der Waals surface area (Å²) in [6.45, 7) is 5.45. The van der Waals surface area contributed by atoms with Gasteiger partial charge in [0.15, 0.2) is 5.13 Å². The van der Waals surface area contributed by atoms with Crippen LogP contribution in [0.3, 0.4) is 0 Å². The van der Waals surface area contributed by atoms with Crippen LogP contribution in [0.25, 0.3) is 0 Å². The summed E-state index contributed by atoms with van der Waals surface area (Å²) in [6.07, 6.45) is 5.00. The van der Waals surface area contributed by atoms with Gasteiger partial charge in [0.25, 0.3) is 0 Å². The van der Waals surface area contributed by atoms with E-state index >= 15 is 0 Å². The zero-order chi connectivity index (χ0) is 12.3. The molecule has 2 N–H and O–H groups in total. The van der Waals surface area contributed by atoms with Crippen molar-refractivity contribution in [1.82, 2.24) is 4.98 Å². The highest BCUT2D eigenvalue weighted by Gasteiger charge is 2.24. The number of thiazole rings is 1. The van der Waals surface area contributed by atoms with Gasteiger partial charge in [-0.05, 0) is 38.5 Å². The quantitative estimate of drug-likeness (QED) is 0.868. The second-order valence-corrected chi connectivity index (χ2v) is 6.23. The fourth-order valence-corrected chi connectivity index (χ4v) is 3.38. The summed E-state index contributed by atoms with van der Waals surface area (Å²) in [4.78, 5) is 5.78. The number of nitrogens with zero attached hydrogens (tertiary/aromatic N) is 1. The fraction of sp³-hybridized carbons (Fsp3) is 0.769. The third kappa shape index (κ3) is 3.19. The third-order valence-electron chi connectivity index (χ3n) is 3.85. The number of anilines is 1. The van der Waals surface area contributed by atoms with Gasteiger partial charge in [-0.1, -0.05) is 12.8 Å².